The number of hydrogen-bond donors (Lipinski definition) is 4. The number of amides is 1. The van der Waals surface area contributed by atoms with Crippen molar-refractivity contribution in [1.29, 1.82) is 0 Å². The topological polar surface area (TPSA) is 117 Å². The van der Waals surface area contributed by atoms with Gasteiger partial charge >= 0.3 is 6.09 Å². The fourth-order valence-corrected chi connectivity index (χ4v) is 2.80. The molecule has 0 fully saturated rings. The van der Waals surface area contributed by atoms with E-state index in [1.807, 2.05) is 54.6 Å². The van der Waals surface area contributed by atoms with Gasteiger partial charge in [-0.3, -0.25) is 0 Å². The maximum absolute atomic E-state index is 11.7. The number of aryl methyl sites for hydroxylation is 1. The van der Waals surface area contributed by atoms with Crippen LogP contribution in [-0.2, 0) is 22.5 Å². The van der Waals surface area contributed by atoms with E-state index in [9.17, 15) is 9.90 Å². The van der Waals surface area contributed by atoms with Crippen LogP contribution in [0.15, 0.2) is 54.6 Å². The van der Waals surface area contributed by atoms with Crippen LogP contribution in [0, 0.1) is 0 Å². The first kappa shape index (κ1) is 25.6. The number of unbranched alkanes of at least 4 members (excludes halogenated alkanes) is 1. The molecule has 2 unspecified atom stereocenters. The van der Waals surface area contributed by atoms with Crippen molar-refractivity contribution in [1.82, 2.24) is 5.32 Å². The number of ether oxygens (including phenoxy) is 3. The third-order valence-corrected chi connectivity index (χ3v) is 4.57. The maximum atomic E-state index is 11.7. The lowest BCUT2D eigenvalue weighted by Crippen LogP contribution is -2.27. The Balaban J connectivity index is 1.52. The van der Waals surface area contributed by atoms with Gasteiger partial charge in [0, 0.05) is 6.54 Å². The van der Waals surface area contributed by atoms with E-state index in [1.165, 1.54) is 0 Å². The van der Waals surface area contributed by atoms with Crippen LogP contribution < -0.4 is 10.1 Å². The third-order valence-electron chi connectivity index (χ3n) is 4.57. The van der Waals surface area contributed by atoms with E-state index in [-0.39, 0.29) is 33.0 Å². The van der Waals surface area contributed by atoms with E-state index >= 15 is 0 Å². The molecule has 0 saturated carbocycles. The average molecular weight is 448 g/mol. The summed E-state index contributed by atoms with van der Waals surface area (Å²) < 4.78 is 15.8. The van der Waals surface area contributed by atoms with Gasteiger partial charge < -0.3 is 34.8 Å². The molecule has 32 heavy (non-hydrogen) atoms. The quantitative estimate of drug-likeness (QED) is 0.309. The predicted octanol–water partition coefficient (Wildman–Crippen LogP) is 2.05. The van der Waals surface area contributed by atoms with Crippen LogP contribution in [0.5, 0.6) is 5.75 Å². The lowest BCUT2D eigenvalue weighted by Gasteiger charge is -2.14. The molecule has 2 rings (SSSR count). The molecule has 2 atom stereocenters. The zero-order valence-electron chi connectivity index (χ0n) is 18.2. The molecule has 0 aliphatic rings. The highest BCUT2D eigenvalue weighted by atomic mass is 16.5. The first-order valence-corrected chi connectivity index (χ1v) is 10.8. The van der Waals surface area contributed by atoms with Crippen LogP contribution in [0.4, 0.5) is 4.79 Å². The Morgan fingerprint density at radius 1 is 0.875 bits per heavy atom. The van der Waals surface area contributed by atoms with Crippen LogP contribution in [0.25, 0.3) is 0 Å². The van der Waals surface area contributed by atoms with Gasteiger partial charge in [-0.05, 0) is 42.5 Å². The number of carbonyl (C=O) groups excluding carboxylic acids is 1. The van der Waals surface area contributed by atoms with E-state index in [1.54, 1.807) is 0 Å². The van der Waals surface area contributed by atoms with Crippen molar-refractivity contribution in [3.05, 3.63) is 65.7 Å². The predicted molar refractivity (Wildman–Crippen MR) is 119 cm³/mol. The van der Waals surface area contributed by atoms with Gasteiger partial charge in [0.25, 0.3) is 0 Å². The highest BCUT2D eigenvalue weighted by Crippen LogP contribution is 2.14. The Kier molecular flexibility index (Phi) is 12.2. The lowest BCUT2D eigenvalue weighted by atomic mass is 10.1. The minimum atomic E-state index is -0.945. The minimum absolute atomic E-state index is 0.0168. The highest BCUT2D eigenvalue weighted by Gasteiger charge is 2.08. The molecular formula is C24H33NO7. The van der Waals surface area contributed by atoms with Crippen LogP contribution in [0.3, 0.4) is 0 Å². The Morgan fingerprint density at radius 2 is 1.59 bits per heavy atom. The fourth-order valence-electron chi connectivity index (χ4n) is 2.80. The van der Waals surface area contributed by atoms with Crippen molar-refractivity contribution in [2.24, 2.45) is 0 Å². The molecule has 8 heteroatoms. The monoisotopic (exact) mass is 447 g/mol. The van der Waals surface area contributed by atoms with Crippen molar-refractivity contribution < 1.29 is 34.3 Å². The fraction of sp³-hybridized carbons (Fsp3) is 0.458. The van der Waals surface area contributed by atoms with Gasteiger partial charge in [-0.25, -0.2) is 4.79 Å². The van der Waals surface area contributed by atoms with Crippen LogP contribution in [0.1, 0.15) is 24.0 Å². The summed E-state index contributed by atoms with van der Waals surface area (Å²) in [6, 6.07) is 17.2. The van der Waals surface area contributed by atoms with Crippen molar-refractivity contribution in [2.75, 3.05) is 33.0 Å². The molecule has 0 bridgehead atoms. The molecule has 4 N–H and O–H groups in total. The number of alkyl carbamates (subject to hydrolysis) is 1. The van der Waals surface area contributed by atoms with Gasteiger partial charge in [0.2, 0.25) is 0 Å². The summed E-state index contributed by atoms with van der Waals surface area (Å²) in [5.74, 6) is 0.644. The standard InChI is InChI=1S/C24H33NO7/c26-14-21(27)16-30-17-22(28)18-31-23-11-9-19(10-12-23)6-4-5-13-25-24(29)32-15-20-7-2-1-3-8-20/h1-3,7-12,21-22,26-28H,4-6,13-18H2,(H,25,29). The largest absolute Gasteiger partial charge is 0.491 e. The Bertz CT molecular complexity index is 755. The van der Waals surface area contributed by atoms with Crippen LogP contribution in [-0.4, -0.2) is 66.6 Å². The van der Waals surface area contributed by atoms with Gasteiger partial charge in [0.05, 0.1) is 19.8 Å². The summed E-state index contributed by atoms with van der Waals surface area (Å²) in [6.07, 6.45) is 0.468. The van der Waals surface area contributed by atoms with E-state index in [0.29, 0.717) is 12.3 Å². The molecule has 8 nitrogen and oxygen atoms in total. The van der Waals surface area contributed by atoms with E-state index in [0.717, 1.165) is 30.4 Å². The average Bonchev–Trinajstić information content (AvgIpc) is 2.82. The molecule has 0 saturated heterocycles. The van der Waals surface area contributed by atoms with Crippen molar-refractivity contribution >= 4 is 6.09 Å². The normalized spacial score (nSPS) is 12.7. The first-order chi connectivity index (χ1) is 15.6. The molecule has 0 aliphatic heterocycles. The molecule has 0 radical (unpaired) electrons. The second kappa shape index (κ2) is 15.2. The van der Waals surface area contributed by atoms with Crippen LogP contribution in [0.2, 0.25) is 0 Å². The lowest BCUT2D eigenvalue weighted by molar-refractivity contribution is -0.0337. The number of benzene rings is 2. The molecule has 1 amide bonds. The zero-order valence-corrected chi connectivity index (χ0v) is 18.2. The number of aliphatic hydroxyl groups excluding tert-OH is 3. The van der Waals surface area contributed by atoms with Crippen molar-refractivity contribution in [3.63, 3.8) is 0 Å². The summed E-state index contributed by atoms with van der Waals surface area (Å²) in [5.41, 5.74) is 2.11. The Labute approximate surface area is 188 Å². The van der Waals surface area contributed by atoms with Gasteiger partial charge in [0.15, 0.2) is 0 Å². The van der Waals surface area contributed by atoms with Crippen molar-refractivity contribution in [2.45, 2.75) is 38.1 Å². The molecule has 176 valence electrons. The van der Waals surface area contributed by atoms with Crippen LogP contribution >= 0.6 is 0 Å². The molecule has 0 aliphatic carbocycles. The minimum Gasteiger partial charge on any atom is -0.491 e. The SMILES string of the molecule is O=C(NCCCCc1ccc(OCC(O)COCC(O)CO)cc1)OCc1ccccc1. The van der Waals surface area contributed by atoms with E-state index in [4.69, 9.17) is 24.4 Å². The van der Waals surface area contributed by atoms with Gasteiger partial charge in [-0.2, -0.15) is 0 Å². The number of nitrogens with one attached hydrogen (secondary N) is 1. The first-order valence-electron chi connectivity index (χ1n) is 10.8. The number of aliphatic hydroxyl groups is 3. The second-order valence-corrected chi connectivity index (χ2v) is 7.43. The number of hydrogen-bond acceptors (Lipinski definition) is 7. The molecule has 0 heterocycles. The zero-order chi connectivity index (χ0) is 23.0. The summed E-state index contributed by atoms with van der Waals surface area (Å²) >= 11 is 0. The van der Waals surface area contributed by atoms with Gasteiger partial charge in [-0.15, -0.1) is 0 Å². The smallest absolute Gasteiger partial charge is 0.407 e. The summed E-state index contributed by atoms with van der Waals surface area (Å²) in [4.78, 5) is 11.7. The Morgan fingerprint density at radius 3 is 2.31 bits per heavy atom. The number of rotatable bonds is 15. The summed E-state index contributed by atoms with van der Waals surface area (Å²) in [5, 5.41) is 30.4. The van der Waals surface area contributed by atoms with E-state index in [2.05, 4.69) is 5.32 Å². The highest BCUT2D eigenvalue weighted by molar-refractivity contribution is 5.67. The maximum Gasteiger partial charge on any atom is 0.407 e. The van der Waals surface area contributed by atoms with E-state index < -0.39 is 18.3 Å². The third kappa shape index (κ3) is 11.1. The number of carbonyl (C=O) groups is 1. The second-order valence-electron chi connectivity index (χ2n) is 7.43. The summed E-state index contributed by atoms with van der Waals surface area (Å²) in [7, 11) is 0. The van der Waals surface area contributed by atoms with Gasteiger partial charge in [-0.1, -0.05) is 42.5 Å². The Hall–Kier alpha value is -2.65. The molecule has 0 aromatic heterocycles. The molecule has 2 aromatic carbocycles. The molecule has 0 spiro atoms. The summed E-state index contributed by atoms with van der Waals surface area (Å²) in [6.45, 7) is 0.495. The van der Waals surface area contributed by atoms with Crippen molar-refractivity contribution in [3.8, 4) is 5.75 Å². The van der Waals surface area contributed by atoms with Gasteiger partial charge in [0.1, 0.15) is 31.2 Å². The molecular weight excluding hydrogens is 414 g/mol. The molecule has 2 aromatic rings.